The Morgan fingerprint density at radius 3 is 1.65 bits per heavy atom. The smallest absolute Gasteiger partial charge is 0.187 e. The predicted octanol–water partition coefficient (Wildman–Crippen LogP) is 9.24. The number of rotatable bonds is 19. The van der Waals surface area contributed by atoms with Gasteiger partial charge in [0.2, 0.25) is 0 Å². The number of hydrogen-bond acceptors (Lipinski definition) is 10. The molecule has 12 nitrogen and oxygen atoms in total. The zero-order valence-electron chi connectivity index (χ0n) is 34.8. The molecule has 10 atom stereocenters. The molecule has 0 spiro atoms. The van der Waals surface area contributed by atoms with Gasteiger partial charge in [-0.05, 0) is 50.2 Å². The number of nitrogens with zero attached hydrogens (tertiary/aromatic N) is 3. The largest absolute Gasteiger partial charge is 0.374 e. The summed E-state index contributed by atoms with van der Waals surface area (Å²) in [5, 5.41) is 6.58. The summed E-state index contributed by atoms with van der Waals surface area (Å²) in [7, 11) is 0. The van der Waals surface area contributed by atoms with Crippen LogP contribution in [0.15, 0.2) is 169 Å². The highest BCUT2D eigenvalue weighted by Gasteiger charge is 2.56. The number of ether oxygens (including phenoxy) is 9. The molecule has 0 saturated carbocycles. The lowest BCUT2D eigenvalue weighted by Gasteiger charge is -2.47. The first-order valence-electron chi connectivity index (χ1n) is 21.5. The second-order valence-electron chi connectivity index (χ2n) is 16.0. The van der Waals surface area contributed by atoms with Gasteiger partial charge in [0.05, 0.1) is 46.2 Å². The highest BCUT2D eigenvalue weighted by Crippen LogP contribution is 2.38. The first-order chi connectivity index (χ1) is 31.2. The maximum Gasteiger partial charge on any atom is 0.187 e. The van der Waals surface area contributed by atoms with Crippen molar-refractivity contribution in [3.8, 4) is 0 Å². The molecule has 12 heteroatoms. The third kappa shape index (κ3) is 10.8. The van der Waals surface area contributed by atoms with Gasteiger partial charge in [0.15, 0.2) is 12.6 Å². The van der Waals surface area contributed by atoms with E-state index >= 15 is 0 Å². The van der Waals surface area contributed by atoms with Gasteiger partial charge in [0.25, 0.3) is 0 Å². The summed E-state index contributed by atoms with van der Waals surface area (Å²) < 4.78 is 60.0. The highest BCUT2D eigenvalue weighted by atomic mass is 16.8. The lowest BCUT2D eigenvalue weighted by Crippen LogP contribution is -2.63. The van der Waals surface area contributed by atoms with Gasteiger partial charge in [-0.1, -0.05) is 163 Å². The second-order valence-corrected chi connectivity index (χ2v) is 16.0. The minimum Gasteiger partial charge on any atom is -0.374 e. The van der Waals surface area contributed by atoms with E-state index < -0.39 is 61.3 Å². The summed E-state index contributed by atoms with van der Waals surface area (Å²) in [6.07, 6.45) is -6.80. The third-order valence-electron chi connectivity index (χ3n) is 11.6. The summed E-state index contributed by atoms with van der Waals surface area (Å²) in [6, 6.07) is 53.1. The summed E-state index contributed by atoms with van der Waals surface area (Å²) >= 11 is 0. The fourth-order valence-electron chi connectivity index (χ4n) is 8.42. The molecule has 0 N–H and O–H groups in total. The molecule has 324 valence electrons. The van der Waals surface area contributed by atoms with Gasteiger partial charge in [-0.15, -0.1) is 0 Å². The van der Waals surface area contributed by atoms with Crippen LogP contribution in [0.4, 0.5) is 0 Å². The molecule has 6 aromatic rings. The summed E-state index contributed by atoms with van der Waals surface area (Å²) in [4.78, 5) is 3.33. The number of azide groups is 1. The zero-order chi connectivity index (χ0) is 42.6. The van der Waals surface area contributed by atoms with Gasteiger partial charge in [-0.2, -0.15) is 0 Å². The van der Waals surface area contributed by atoms with E-state index in [1.54, 1.807) is 0 Å². The molecule has 3 aliphatic heterocycles. The first-order valence-corrected chi connectivity index (χ1v) is 21.5. The first kappa shape index (κ1) is 42.8. The van der Waals surface area contributed by atoms with Gasteiger partial charge in [0.1, 0.15) is 48.8 Å². The minimum atomic E-state index is -1.14. The van der Waals surface area contributed by atoms with E-state index in [9.17, 15) is 5.53 Å². The van der Waals surface area contributed by atoms with Crippen LogP contribution < -0.4 is 0 Å². The summed E-state index contributed by atoms with van der Waals surface area (Å²) in [6.45, 7) is 1.73. The van der Waals surface area contributed by atoms with Crippen molar-refractivity contribution in [2.75, 3.05) is 13.2 Å². The molecular weight excluding hydrogens is 799 g/mol. The Bertz CT molecular complexity index is 2370. The Labute approximate surface area is 367 Å². The maximum absolute atomic E-state index is 10.2. The van der Waals surface area contributed by atoms with Crippen molar-refractivity contribution in [2.45, 2.75) is 94.4 Å². The van der Waals surface area contributed by atoms with Crippen LogP contribution in [0.25, 0.3) is 21.2 Å². The van der Waals surface area contributed by atoms with Crippen LogP contribution in [0.2, 0.25) is 0 Å². The Morgan fingerprint density at radius 2 is 1.03 bits per heavy atom. The quantitative estimate of drug-likeness (QED) is 0.0445. The minimum absolute atomic E-state index is 0.123. The second kappa shape index (κ2) is 21.3. The van der Waals surface area contributed by atoms with Crippen LogP contribution in [0, 0.1) is 0 Å². The molecule has 6 aromatic carbocycles. The maximum atomic E-state index is 10.2. The van der Waals surface area contributed by atoms with E-state index in [4.69, 9.17) is 42.6 Å². The van der Waals surface area contributed by atoms with E-state index in [1.165, 1.54) is 0 Å². The van der Waals surface area contributed by atoms with Gasteiger partial charge in [-0.3, -0.25) is 0 Å². The summed E-state index contributed by atoms with van der Waals surface area (Å²) in [5.74, 6) is 0. The van der Waals surface area contributed by atoms with Crippen LogP contribution in [-0.4, -0.2) is 74.6 Å². The van der Waals surface area contributed by atoms with E-state index in [2.05, 4.69) is 40.4 Å². The van der Waals surface area contributed by atoms with Crippen molar-refractivity contribution in [1.29, 1.82) is 0 Å². The van der Waals surface area contributed by atoms with Gasteiger partial charge >= 0.3 is 0 Å². The van der Waals surface area contributed by atoms with Gasteiger partial charge in [0, 0.05) is 4.91 Å². The molecule has 0 unspecified atom stereocenters. The Hall–Kier alpha value is -5.47. The molecule has 0 aliphatic carbocycles. The Balaban J connectivity index is 1.04. The Morgan fingerprint density at radius 1 is 0.508 bits per heavy atom. The van der Waals surface area contributed by atoms with E-state index in [-0.39, 0.29) is 33.0 Å². The molecular formula is C51H51N3O9. The van der Waals surface area contributed by atoms with Crippen LogP contribution in [0.5, 0.6) is 0 Å². The highest BCUT2D eigenvalue weighted by molar-refractivity contribution is 5.82. The monoisotopic (exact) mass is 849 g/mol. The Kier molecular flexibility index (Phi) is 14.5. The van der Waals surface area contributed by atoms with Crippen LogP contribution in [0.3, 0.4) is 0 Å². The predicted molar refractivity (Wildman–Crippen MR) is 235 cm³/mol. The van der Waals surface area contributed by atoms with Crippen molar-refractivity contribution >= 4 is 10.8 Å². The van der Waals surface area contributed by atoms with Crippen molar-refractivity contribution < 1.29 is 42.6 Å². The molecule has 0 amide bonds. The molecule has 3 fully saturated rings. The molecule has 3 heterocycles. The topological polar surface area (TPSA) is 132 Å². The van der Waals surface area contributed by atoms with Gasteiger partial charge in [-0.25, -0.2) is 0 Å². The average Bonchev–Trinajstić information content (AvgIpc) is 3.77. The van der Waals surface area contributed by atoms with Crippen molar-refractivity contribution in [1.82, 2.24) is 0 Å². The number of hydrogen-bond donors (Lipinski definition) is 0. The molecule has 63 heavy (non-hydrogen) atoms. The zero-order valence-corrected chi connectivity index (χ0v) is 34.8. The van der Waals surface area contributed by atoms with E-state index in [0.29, 0.717) is 13.2 Å². The van der Waals surface area contributed by atoms with Crippen molar-refractivity contribution in [3.05, 3.63) is 202 Å². The van der Waals surface area contributed by atoms with E-state index in [0.717, 1.165) is 38.6 Å². The fraction of sp³-hybridized carbons (Fsp3) is 0.333. The van der Waals surface area contributed by atoms with Crippen LogP contribution >= 0.6 is 0 Å². The van der Waals surface area contributed by atoms with Crippen molar-refractivity contribution in [3.63, 3.8) is 0 Å². The van der Waals surface area contributed by atoms with E-state index in [1.807, 2.05) is 133 Å². The molecule has 3 aliphatic rings. The van der Waals surface area contributed by atoms with Crippen LogP contribution in [0.1, 0.15) is 27.8 Å². The SMILES string of the molecule is [N-]=[N+]=N[C@H]1[C@@H](O[C@@H]2[C@@H](OCc3ccccc3)[C@@H](OCc3ccccc3)[C@@H]3OC[C@@H]2O3)O[C@H](COCc2ccccc2)[C@@H](OCc2ccc3ccccc3c2)[C@@H]1OCc1ccccc1. The standard InChI is InChI=1S/C51H51N3O9/c52-54-53-44-47(57-29-36-17-7-2-8-18-36)45(56-32-39-25-26-40-23-13-14-24-41(40)27-39)42(33-55-28-35-15-5-1-6-16-35)61-50(44)63-46-43-34-60-51(62-43)49(59-31-38-21-11-4-12-22-38)48(46)58-30-37-19-9-3-10-20-37/h1-27,42-51H,28-34H2/t42-,43+,44-,45-,46+,47-,48-,49-,50-,51-/m1/s1. The molecule has 0 radical (unpaired) electrons. The summed E-state index contributed by atoms with van der Waals surface area (Å²) in [5.41, 5.74) is 15.1. The molecule has 2 bridgehead atoms. The molecule has 0 aromatic heterocycles. The fourth-order valence-corrected chi connectivity index (χ4v) is 8.42. The average molecular weight is 850 g/mol. The lowest BCUT2D eigenvalue weighted by atomic mass is 9.95. The lowest BCUT2D eigenvalue weighted by molar-refractivity contribution is -0.331. The van der Waals surface area contributed by atoms with Crippen molar-refractivity contribution in [2.24, 2.45) is 5.11 Å². The van der Waals surface area contributed by atoms with Gasteiger partial charge < -0.3 is 42.6 Å². The number of fused-ring (bicyclic) bond motifs is 3. The number of benzene rings is 6. The third-order valence-corrected chi connectivity index (χ3v) is 11.6. The molecule has 9 rings (SSSR count). The normalized spacial score (nSPS) is 26.6. The van der Waals surface area contributed by atoms with Crippen LogP contribution in [-0.2, 0) is 75.7 Å². The molecule has 3 saturated heterocycles.